The van der Waals surface area contributed by atoms with E-state index in [1.54, 1.807) is 24.4 Å². The van der Waals surface area contributed by atoms with E-state index >= 15 is 0 Å². The number of hydrogen-bond acceptors (Lipinski definition) is 4. The highest BCUT2D eigenvalue weighted by atomic mass is 19.4. The van der Waals surface area contributed by atoms with Crippen LogP contribution in [0.25, 0.3) is 0 Å². The first-order valence-electron chi connectivity index (χ1n) is 13.5. The van der Waals surface area contributed by atoms with Gasteiger partial charge in [0.15, 0.2) is 0 Å². The Labute approximate surface area is 230 Å². The van der Waals surface area contributed by atoms with Gasteiger partial charge in [0, 0.05) is 25.6 Å². The van der Waals surface area contributed by atoms with Crippen molar-refractivity contribution in [2.24, 2.45) is 0 Å². The highest BCUT2D eigenvalue weighted by molar-refractivity contribution is 5.76. The number of rotatable bonds is 7. The molecule has 40 heavy (non-hydrogen) atoms. The number of nitrogens with one attached hydrogen (secondary N) is 2. The first-order valence-corrected chi connectivity index (χ1v) is 13.5. The normalized spacial score (nSPS) is 17.9. The summed E-state index contributed by atoms with van der Waals surface area (Å²) in [5, 5.41) is 5.93. The van der Waals surface area contributed by atoms with Gasteiger partial charge in [-0.2, -0.15) is 13.2 Å². The van der Waals surface area contributed by atoms with Gasteiger partial charge in [0.25, 0.3) is 0 Å². The van der Waals surface area contributed by atoms with E-state index in [0.29, 0.717) is 38.1 Å². The number of carbonyl (C=O) groups excluding carboxylic acids is 1. The molecule has 10 heteroatoms. The summed E-state index contributed by atoms with van der Waals surface area (Å²) in [5.74, 6) is -1.05. The lowest BCUT2D eigenvalue weighted by Gasteiger charge is -2.37. The van der Waals surface area contributed by atoms with Crippen LogP contribution in [0.1, 0.15) is 48.1 Å². The fraction of sp³-hybridized carbons (Fsp3) is 0.400. The van der Waals surface area contributed by atoms with Gasteiger partial charge in [0.2, 0.25) is 0 Å². The first kappa shape index (κ1) is 27.9. The lowest BCUT2D eigenvalue weighted by atomic mass is 9.79. The minimum atomic E-state index is -4.78. The third-order valence-electron chi connectivity index (χ3n) is 7.61. The number of morpholine rings is 1. The molecule has 5 rings (SSSR count). The fourth-order valence-corrected chi connectivity index (χ4v) is 5.56. The maximum Gasteiger partial charge on any atom is 0.416 e. The molecule has 2 heterocycles. The molecule has 0 bridgehead atoms. The Morgan fingerprint density at radius 2 is 1.68 bits per heavy atom. The molecule has 1 aromatic heterocycles. The number of aromatic nitrogens is 1. The zero-order chi connectivity index (χ0) is 28.2. The van der Waals surface area contributed by atoms with E-state index in [2.05, 4.69) is 20.5 Å². The monoisotopic (exact) mass is 556 g/mol. The van der Waals surface area contributed by atoms with E-state index in [9.17, 15) is 22.4 Å². The van der Waals surface area contributed by atoms with Crippen LogP contribution < -0.4 is 15.5 Å². The molecule has 1 atom stereocenters. The number of pyridine rings is 1. The standard InChI is InChI=1S/C30H32F4N4O2/c31-24-17-22(16-23(18-24)30(32,33)34)29(19-21-6-2-1-3-7-21,37-28(39)36-25-8-4-5-9-25)27-11-10-26(20-35-27)38-12-14-40-15-13-38/h1-3,6-7,10-11,16-18,20,25H,4-5,8-9,12-15,19H2,(H2,36,37,39). The van der Waals surface area contributed by atoms with Crippen LogP contribution in [0.2, 0.25) is 0 Å². The topological polar surface area (TPSA) is 66.5 Å². The number of nitrogens with zero attached hydrogens (tertiary/aromatic N) is 2. The molecule has 212 valence electrons. The van der Waals surface area contributed by atoms with Crippen LogP contribution >= 0.6 is 0 Å². The maximum atomic E-state index is 14.8. The Balaban J connectivity index is 1.63. The number of alkyl halides is 3. The summed E-state index contributed by atoms with van der Waals surface area (Å²) in [4.78, 5) is 20.2. The lowest BCUT2D eigenvalue weighted by Crippen LogP contribution is -2.54. The Morgan fingerprint density at radius 1 is 0.975 bits per heavy atom. The molecule has 0 radical (unpaired) electrons. The van der Waals surface area contributed by atoms with E-state index in [-0.39, 0.29) is 18.0 Å². The van der Waals surface area contributed by atoms with Crippen LogP contribution in [0.4, 0.5) is 28.0 Å². The number of amides is 2. The van der Waals surface area contributed by atoms with Gasteiger partial charge in [-0.3, -0.25) is 4.98 Å². The molecule has 1 unspecified atom stereocenters. The van der Waals surface area contributed by atoms with Gasteiger partial charge in [-0.05, 0) is 54.3 Å². The minimum absolute atomic E-state index is 0.0377. The Bertz CT molecular complexity index is 1290. The summed E-state index contributed by atoms with van der Waals surface area (Å²) in [5.41, 5.74) is -0.921. The van der Waals surface area contributed by atoms with Crippen LogP contribution in [0.5, 0.6) is 0 Å². The van der Waals surface area contributed by atoms with E-state index in [1.165, 1.54) is 0 Å². The van der Waals surface area contributed by atoms with Gasteiger partial charge in [0.1, 0.15) is 11.4 Å². The highest BCUT2D eigenvalue weighted by Gasteiger charge is 2.41. The summed E-state index contributed by atoms with van der Waals surface area (Å²) in [6.07, 6.45) is 0.535. The second-order valence-electron chi connectivity index (χ2n) is 10.4. The molecule has 2 fully saturated rings. The van der Waals surface area contributed by atoms with Crippen molar-refractivity contribution in [3.05, 3.63) is 95.1 Å². The largest absolute Gasteiger partial charge is 0.416 e. The molecular weight excluding hydrogens is 524 g/mol. The molecule has 2 amide bonds. The third-order valence-corrected chi connectivity index (χ3v) is 7.61. The van der Waals surface area contributed by atoms with Crippen LogP contribution in [0.15, 0.2) is 66.9 Å². The smallest absolute Gasteiger partial charge is 0.378 e. The number of hydrogen-bond donors (Lipinski definition) is 2. The number of halogens is 4. The van der Waals surface area contributed by atoms with Crippen molar-refractivity contribution >= 4 is 11.7 Å². The molecule has 1 saturated carbocycles. The minimum Gasteiger partial charge on any atom is -0.378 e. The van der Waals surface area contributed by atoms with E-state index in [1.807, 2.05) is 24.3 Å². The quantitative estimate of drug-likeness (QED) is 0.361. The second-order valence-corrected chi connectivity index (χ2v) is 10.4. The lowest BCUT2D eigenvalue weighted by molar-refractivity contribution is -0.137. The van der Waals surface area contributed by atoms with Crippen molar-refractivity contribution in [2.75, 3.05) is 31.2 Å². The van der Waals surface area contributed by atoms with Crippen molar-refractivity contribution < 1.29 is 27.1 Å². The van der Waals surface area contributed by atoms with E-state index in [0.717, 1.165) is 49.1 Å². The number of anilines is 1. The SMILES string of the molecule is O=C(NC1CCCC1)NC(Cc1ccccc1)(c1cc(F)cc(C(F)(F)F)c1)c1ccc(N2CCOCC2)cn1. The molecule has 1 aliphatic heterocycles. The van der Waals surface area contributed by atoms with Gasteiger partial charge in [0.05, 0.1) is 36.4 Å². The maximum absolute atomic E-state index is 14.8. The number of ether oxygens (including phenoxy) is 1. The molecule has 2 aliphatic rings. The zero-order valence-corrected chi connectivity index (χ0v) is 22.0. The molecule has 0 spiro atoms. The van der Waals surface area contributed by atoms with Crippen molar-refractivity contribution in [3.8, 4) is 0 Å². The average molecular weight is 557 g/mol. The summed E-state index contributed by atoms with van der Waals surface area (Å²) < 4.78 is 61.9. The van der Waals surface area contributed by atoms with Crippen LogP contribution in [0.3, 0.4) is 0 Å². The molecule has 1 saturated heterocycles. The van der Waals surface area contributed by atoms with Gasteiger partial charge >= 0.3 is 12.2 Å². The summed E-state index contributed by atoms with van der Waals surface area (Å²) >= 11 is 0. The summed E-state index contributed by atoms with van der Waals surface area (Å²) in [7, 11) is 0. The van der Waals surface area contributed by atoms with Gasteiger partial charge < -0.3 is 20.3 Å². The molecular formula is C30H32F4N4O2. The molecule has 1 aliphatic carbocycles. The van der Waals surface area contributed by atoms with Gasteiger partial charge in [-0.1, -0.05) is 43.2 Å². The molecule has 3 aromatic rings. The first-order chi connectivity index (χ1) is 19.2. The van der Waals surface area contributed by atoms with Crippen molar-refractivity contribution in [1.29, 1.82) is 0 Å². The van der Waals surface area contributed by atoms with E-state index in [4.69, 9.17) is 4.74 Å². The molecule has 2 aromatic carbocycles. The Hall–Kier alpha value is -3.66. The van der Waals surface area contributed by atoms with E-state index < -0.39 is 29.1 Å². The van der Waals surface area contributed by atoms with Crippen molar-refractivity contribution in [2.45, 2.75) is 49.9 Å². The molecule has 6 nitrogen and oxygen atoms in total. The zero-order valence-electron chi connectivity index (χ0n) is 22.0. The number of carbonyl (C=O) groups is 1. The van der Waals surface area contributed by atoms with Crippen molar-refractivity contribution in [1.82, 2.24) is 15.6 Å². The predicted octanol–water partition coefficient (Wildman–Crippen LogP) is 5.80. The fourth-order valence-electron chi connectivity index (χ4n) is 5.56. The van der Waals surface area contributed by atoms with Crippen LogP contribution in [-0.2, 0) is 22.9 Å². The Kier molecular flexibility index (Phi) is 8.25. The predicted molar refractivity (Wildman–Crippen MR) is 144 cm³/mol. The molecule has 2 N–H and O–H groups in total. The number of benzene rings is 2. The Morgan fingerprint density at radius 3 is 2.33 bits per heavy atom. The second kappa shape index (κ2) is 11.8. The number of urea groups is 1. The average Bonchev–Trinajstić information content (AvgIpc) is 3.46. The summed E-state index contributed by atoms with van der Waals surface area (Å²) in [6.45, 7) is 2.51. The van der Waals surface area contributed by atoms with Crippen LogP contribution in [0, 0.1) is 5.82 Å². The third kappa shape index (κ3) is 6.38. The highest BCUT2D eigenvalue weighted by Crippen LogP contribution is 2.38. The van der Waals surface area contributed by atoms with Crippen LogP contribution in [-0.4, -0.2) is 43.4 Å². The van der Waals surface area contributed by atoms with Crippen molar-refractivity contribution in [3.63, 3.8) is 0 Å². The van der Waals surface area contributed by atoms with Gasteiger partial charge in [-0.15, -0.1) is 0 Å². The summed E-state index contributed by atoms with van der Waals surface area (Å²) in [6, 6.07) is 14.4. The van der Waals surface area contributed by atoms with Gasteiger partial charge in [-0.25, -0.2) is 9.18 Å².